The highest BCUT2D eigenvalue weighted by Crippen LogP contribution is 2.38. The maximum atomic E-state index is 13.1. The Hall–Kier alpha value is -1.87. The molecule has 0 spiro atoms. The van der Waals surface area contributed by atoms with Crippen LogP contribution in [0.25, 0.3) is 6.08 Å². The van der Waals surface area contributed by atoms with Crippen molar-refractivity contribution >= 4 is 67.3 Å². The Bertz CT molecular complexity index is 1200. The molecule has 1 aliphatic carbocycles. The molecule has 0 radical (unpaired) electrons. The van der Waals surface area contributed by atoms with Gasteiger partial charge in [0.05, 0.1) is 17.1 Å². The third-order valence-electron chi connectivity index (χ3n) is 5.58. The van der Waals surface area contributed by atoms with Gasteiger partial charge in [0.25, 0.3) is 5.91 Å². The van der Waals surface area contributed by atoms with Gasteiger partial charge in [0.15, 0.2) is 9.84 Å². The number of amides is 2. The molecule has 2 N–H and O–H groups in total. The molecule has 1 fully saturated rings. The second-order valence-electron chi connectivity index (χ2n) is 7.98. The van der Waals surface area contributed by atoms with E-state index >= 15 is 0 Å². The molecular weight excluding hydrogens is 491 g/mol. The summed E-state index contributed by atoms with van der Waals surface area (Å²) in [6.45, 7) is 0. The van der Waals surface area contributed by atoms with Gasteiger partial charge < -0.3 is 10.6 Å². The zero-order valence-corrected chi connectivity index (χ0v) is 20.3. The van der Waals surface area contributed by atoms with Crippen LogP contribution in [-0.4, -0.2) is 37.8 Å². The van der Waals surface area contributed by atoms with Crippen molar-refractivity contribution in [3.63, 3.8) is 0 Å². The van der Waals surface area contributed by atoms with E-state index in [1.807, 2.05) is 0 Å². The number of rotatable bonds is 5. The number of carbonyl (C=O) groups is 2. The Morgan fingerprint density at radius 1 is 1.16 bits per heavy atom. The van der Waals surface area contributed by atoms with E-state index in [4.69, 9.17) is 23.2 Å². The Morgan fingerprint density at radius 2 is 1.94 bits per heavy atom. The van der Waals surface area contributed by atoms with Crippen LogP contribution in [-0.2, 0) is 27.5 Å². The van der Waals surface area contributed by atoms with Crippen LogP contribution >= 0.6 is 34.5 Å². The Balaban J connectivity index is 1.54. The lowest BCUT2D eigenvalue weighted by atomic mass is 9.95. The summed E-state index contributed by atoms with van der Waals surface area (Å²) >= 11 is 13.5. The Labute approximate surface area is 200 Å². The standard InChI is InChI=1S/C22H22Cl2N2O4S2/c23-14-7-5-13(17(24)11-14)6-8-19(27)26-22-20(16-3-1-2-4-18(16)31-22)21(28)25-15-9-10-32(29,30)12-15/h5-8,11,15H,1-4,9-10,12H2,(H,25,28)(H,26,27). The predicted octanol–water partition coefficient (Wildman–Crippen LogP) is 4.50. The average Bonchev–Trinajstić information content (AvgIpc) is 3.25. The molecule has 1 aromatic heterocycles. The highest BCUT2D eigenvalue weighted by Gasteiger charge is 2.32. The molecule has 1 aliphatic heterocycles. The van der Waals surface area contributed by atoms with Crippen LogP contribution < -0.4 is 10.6 Å². The van der Waals surface area contributed by atoms with E-state index < -0.39 is 15.9 Å². The van der Waals surface area contributed by atoms with Crippen molar-refractivity contribution in [3.8, 4) is 0 Å². The monoisotopic (exact) mass is 512 g/mol. The fraction of sp³-hybridized carbons (Fsp3) is 0.364. The van der Waals surface area contributed by atoms with E-state index in [2.05, 4.69) is 10.6 Å². The van der Waals surface area contributed by atoms with Gasteiger partial charge in [-0.2, -0.15) is 0 Å². The molecule has 10 heteroatoms. The molecule has 1 unspecified atom stereocenters. The number of benzene rings is 1. The summed E-state index contributed by atoms with van der Waals surface area (Å²) in [6, 6.07) is 4.60. The van der Waals surface area contributed by atoms with Gasteiger partial charge >= 0.3 is 0 Å². The SMILES string of the molecule is O=C(C=Cc1ccc(Cl)cc1Cl)Nc1sc2c(c1C(=O)NC1CCS(=O)(=O)C1)CCCC2. The van der Waals surface area contributed by atoms with Gasteiger partial charge in [-0.3, -0.25) is 9.59 Å². The highest BCUT2D eigenvalue weighted by atomic mass is 35.5. The molecule has 2 aromatic rings. The van der Waals surface area contributed by atoms with Crippen molar-refractivity contribution in [1.29, 1.82) is 0 Å². The number of hydrogen-bond acceptors (Lipinski definition) is 5. The molecular formula is C22H22Cl2N2O4S2. The number of nitrogens with one attached hydrogen (secondary N) is 2. The molecule has 0 saturated carbocycles. The number of anilines is 1. The summed E-state index contributed by atoms with van der Waals surface area (Å²) in [5.74, 6) is -0.669. The van der Waals surface area contributed by atoms with Crippen molar-refractivity contribution in [1.82, 2.24) is 5.32 Å². The fourth-order valence-electron chi connectivity index (χ4n) is 4.02. The molecule has 2 aliphatic rings. The number of hydrogen-bond donors (Lipinski definition) is 2. The number of sulfone groups is 1. The van der Waals surface area contributed by atoms with Gasteiger partial charge in [0, 0.05) is 27.0 Å². The number of fused-ring (bicyclic) bond motifs is 1. The number of aryl methyl sites for hydroxylation is 1. The molecule has 1 aromatic carbocycles. The molecule has 4 rings (SSSR count). The van der Waals surface area contributed by atoms with E-state index in [9.17, 15) is 18.0 Å². The quantitative estimate of drug-likeness (QED) is 0.576. The van der Waals surface area contributed by atoms with Gasteiger partial charge in [-0.05, 0) is 61.4 Å². The van der Waals surface area contributed by atoms with Gasteiger partial charge in [0.2, 0.25) is 5.91 Å². The summed E-state index contributed by atoms with van der Waals surface area (Å²) < 4.78 is 23.5. The van der Waals surface area contributed by atoms with E-state index in [1.165, 1.54) is 17.4 Å². The Morgan fingerprint density at radius 3 is 2.66 bits per heavy atom. The van der Waals surface area contributed by atoms with E-state index in [1.54, 1.807) is 24.3 Å². The number of carbonyl (C=O) groups excluding carboxylic acids is 2. The summed E-state index contributed by atoms with van der Waals surface area (Å²) in [6.07, 6.45) is 7.01. The maximum Gasteiger partial charge on any atom is 0.254 e. The maximum absolute atomic E-state index is 13.1. The minimum Gasteiger partial charge on any atom is -0.348 e. The van der Waals surface area contributed by atoms with Crippen LogP contribution in [0.2, 0.25) is 10.0 Å². The lowest BCUT2D eigenvalue weighted by molar-refractivity contribution is -0.111. The molecule has 2 amide bonds. The van der Waals surface area contributed by atoms with Crippen molar-refractivity contribution < 1.29 is 18.0 Å². The fourth-order valence-corrected chi connectivity index (χ4v) is 7.45. The topological polar surface area (TPSA) is 92.3 Å². The molecule has 1 saturated heterocycles. The van der Waals surface area contributed by atoms with Crippen LogP contribution in [0.15, 0.2) is 24.3 Å². The van der Waals surface area contributed by atoms with Crippen molar-refractivity contribution in [2.45, 2.75) is 38.1 Å². The smallest absolute Gasteiger partial charge is 0.254 e. The second-order valence-corrected chi connectivity index (χ2v) is 12.2. The lowest BCUT2D eigenvalue weighted by Crippen LogP contribution is -2.36. The first-order valence-corrected chi connectivity index (χ1v) is 13.7. The van der Waals surface area contributed by atoms with Crippen molar-refractivity contribution in [2.24, 2.45) is 0 Å². The first-order valence-electron chi connectivity index (χ1n) is 10.3. The Kier molecular flexibility index (Phi) is 6.95. The number of halogens is 2. The molecule has 0 bridgehead atoms. The van der Waals surface area contributed by atoms with Gasteiger partial charge in [-0.15, -0.1) is 11.3 Å². The third kappa shape index (κ3) is 5.36. The van der Waals surface area contributed by atoms with Crippen LogP contribution in [0.4, 0.5) is 5.00 Å². The zero-order valence-electron chi connectivity index (χ0n) is 17.1. The first kappa shape index (κ1) is 23.3. The molecule has 6 nitrogen and oxygen atoms in total. The predicted molar refractivity (Wildman–Crippen MR) is 130 cm³/mol. The molecule has 1 atom stereocenters. The number of thiophene rings is 1. The molecule has 2 heterocycles. The zero-order chi connectivity index (χ0) is 22.9. The largest absolute Gasteiger partial charge is 0.348 e. The highest BCUT2D eigenvalue weighted by molar-refractivity contribution is 7.91. The molecule has 32 heavy (non-hydrogen) atoms. The van der Waals surface area contributed by atoms with Crippen LogP contribution in [0.1, 0.15) is 45.6 Å². The lowest BCUT2D eigenvalue weighted by Gasteiger charge is -2.15. The van der Waals surface area contributed by atoms with Gasteiger partial charge in [0.1, 0.15) is 5.00 Å². The third-order valence-corrected chi connectivity index (χ3v) is 9.12. The average molecular weight is 513 g/mol. The second kappa shape index (κ2) is 9.55. The van der Waals surface area contributed by atoms with E-state index in [0.717, 1.165) is 36.1 Å². The summed E-state index contributed by atoms with van der Waals surface area (Å²) in [5, 5.41) is 7.12. The van der Waals surface area contributed by atoms with Crippen LogP contribution in [0, 0.1) is 0 Å². The van der Waals surface area contributed by atoms with Crippen LogP contribution in [0.3, 0.4) is 0 Å². The van der Waals surface area contributed by atoms with E-state index in [-0.39, 0.29) is 23.3 Å². The summed E-state index contributed by atoms with van der Waals surface area (Å²) in [4.78, 5) is 26.8. The summed E-state index contributed by atoms with van der Waals surface area (Å²) in [5.41, 5.74) is 2.07. The van der Waals surface area contributed by atoms with Crippen molar-refractivity contribution in [3.05, 3.63) is 55.9 Å². The normalized spacial score (nSPS) is 19.6. The minimum atomic E-state index is -3.11. The van der Waals surface area contributed by atoms with E-state index in [0.29, 0.717) is 32.6 Å². The van der Waals surface area contributed by atoms with Crippen LogP contribution in [0.5, 0.6) is 0 Å². The first-order chi connectivity index (χ1) is 15.2. The molecule has 170 valence electrons. The summed E-state index contributed by atoms with van der Waals surface area (Å²) in [7, 11) is -3.11. The van der Waals surface area contributed by atoms with Gasteiger partial charge in [-0.1, -0.05) is 29.3 Å². The van der Waals surface area contributed by atoms with Crippen molar-refractivity contribution in [2.75, 3.05) is 16.8 Å². The van der Waals surface area contributed by atoms with Gasteiger partial charge in [-0.25, -0.2) is 8.42 Å². The minimum absolute atomic E-state index is 0.0443.